The van der Waals surface area contributed by atoms with Crippen LogP contribution in [0.25, 0.3) is 5.69 Å². The summed E-state index contributed by atoms with van der Waals surface area (Å²) in [4.78, 5) is 10.3. The van der Waals surface area contributed by atoms with Crippen molar-refractivity contribution in [3.8, 4) is 5.69 Å². The average molecular weight is 376 g/mol. The summed E-state index contributed by atoms with van der Waals surface area (Å²) in [5.74, 6) is 0.429. The van der Waals surface area contributed by atoms with Crippen molar-refractivity contribution >= 4 is 17.6 Å². The number of nitrogens with zero attached hydrogens (tertiary/aromatic N) is 3. The summed E-state index contributed by atoms with van der Waals surface area (Å²) in [7, 11) is 0. The van der Waals surface area contributed by atoms with Gasteiger partial charge in [-0.25, -0.2) is 0 Å². The van der Waals surface area contributed by atoms with Gasteiger partial charge in [0, 0.05) is 34.8 Å². The number of non-ortho nitro benzene ring substituents is 1. The summed E-state index contributed by atoms with van der Waals surface area (Å²) in [5.41, 5.74) is 9.44. The number of para-hydroxylation sites is 1. The van der Waals surface area contributed by atoms with Crippen molar-refractivity contribution in [2.24, 2.45) is 5.10 Å². The molecule has 144 valence electrons. The van der Waals surface area contributed by atoms with Crippen molar-refractivity contribution in [3.05, 3.63) is 87.2 Å². The first kappa shape index (κ1) is 19.4. The third-order valence-corrected chi connectivity index (χ3v) is 4.75. The smallest absolute Gasteiger partial charge is 0.269 e. The van der Waals surface area contributed by atoms with E-state index in [1.807, 2.05) is 0 Å². The lowest BCUT2D eigenvalue weighted by atomic mass is 10.0. The van der Waals surface area contributed by atoms with E-state index in [-0.39, 0.29) is 5.69 Å². The molecule has 3 rings (SSSR count). The van der Waals surface area contributed by atoms with Crippen molar-refractivity contribution in [1.29, 1.82) is 0 Å². The van der Waals surface area contributed by atoms with Gasteiger partial charge in [-0.2, -0.15) is 5.10 Å². The molecule has 0 aliphatic carbocycles. The maximum Gasteiger partial charge on any atom is 0.269 e. The molecule has 1 heterocycles. The number of nitrogens with one attached hydrogen (secondary N) is 1. The van der Waals surface area contributed by atoms with E-state index < -0.39 is 4.92 Å². The number of nitro groups is 1. The van der Waals surface area contributed by atoms with Crippen LogP contribution in [0.4, 0.5) is 11.4 Å². The molecule has 6 nitrogen and oxygen atoms in total. The van der Waals surface area contributed by atoms with E-state index in [0.717, 1.165) is 17.0 Å². The van der Waals surface area contributed by atoms with Gasteiger partial charge >= 0.3 is 0 Å². The van der Waals surface area contributed by atoms with Gasteiger partial charge in [-0.1, -0.05) is 32.0 Å². The molecule has 0 aliphatic heterocycles. The fourth-order valence-corrected chi connectivity index (χ4v) is 3.30. The molecule has 0 radical (unpaired) electrons. The van der Waals surface area contributed by atoms with E-state index >= 15 is 0 Å². The second kappa shape index (κ2) is 8.08. The third-order valence-electron chi connectivity index (χ3n) is 4.75. The number of benzene rings is 2. The maximum atomic E-state index is 10.7. The van der Waals surface area contributed by atoms with Gasteiger partial charge in [-0.15, -0.1) is 0 Å². The maximum absolute atomic E-state index is 10.7. The van der Waals surface area contributed by atoms with Crippen LogP contribution in [0.3, 0.4) is 0 Å². The SMILES string of the molecule is Cc1cc(/C=N/Nc2ccc([N+](=O)[O-])cc2)c(C)n1-c1ccccc1C(C)C. The fraction of sp³-hybridized carbons (Fsp3) is 0.227. The van der Waals surface area contributed by atoms with Crippen LogP contribution < -0.4 is 5.43 Å². The zero-order valence-electron chi connectivity index (χ0n) is 16.5. The number of hydrogen-bond donors (Lipinski definition) is 1. The van der Waals surface area contributed by atoms with Gasteiger partial charge in [0.05, 0.1) is 16.8 Å². The monoisotopic (exact) mass is 376 g/mol. The van der Waals surface area contributed by atoms with E-state index in [2.05, 4.69) is 73.1 Å². The van der Waals surface area contributed by atoms with Gasteiger partial charge in [0.25, 0.3) is 5.69 Å². The lowest BCUT2D eigenvalue weighted by Crippen LogP contribution is -2.04. The van der Waals surface area contributed by atoms with Crippen molar-refractivity contribution < 1.29 is 4.92 Å². The highest BCUT2D eigenvalue weighted by molar-refractivity contribution is 5.82. The quantitative estimate of drug-likeness (QED) is 0.347. The zero-order chi connectivity index (χ0) is 20.3. The summed E-state index contributed by atoms with van der Waals surface area (Å²) in [6.07, 6.45) is 1.78. The highest BCUT2D eigenvalue weighted by Crippen LogP contribution is 2.27. The van der Waals surface area contributed by atoms with Gasteiger partial charge in [-0.3, -0.25) is 15.5 Å². The van der Waals surface area contributed by atoms with Gasteiger partial charge in [0.15, 0.2) is 0 Å². The first-order valence-electron chi connectivity index (χ1n) is 9.20. The van der Waals surface area contributed by atoms with Crippen molar-refractivity contribution in [2.75, 3.05) is 5.43 Å². The number of rotatable bonds is 6. The van der Waals surface area contributed by atoms with Crippen LogP contribution in [0, 0.1) is 24.0 Å². The second-order valence-electron chi connectivity index (χ2n) is 7.05. The Morgan fingerprint density at radius 2 is 1.79 bits per heavy atom. The van der Waals surface area contributed by atoms with Crippen molar-refractivity contribution in [3.63, 3.8) is 0 Å². The van der Waals surface area contributed by atoms with E-state index in [1.165, 1.54) is 23.4 Å². The Morgan fingerprint density at radius 3 is 2.43 bits per heavy atom. The van der Waals surface area contributed by atoms with Crippen LogP contribution in [0.2, 0.25) is 0 Å². The van der Waals surface area contributed by atoms with Crippen LogP contribution in [0.5, 0.6) is 0 Å². The third kappa shape index (κ3) is 3.96. The Kier molecular flexibility index (Phi) is 5.59. The number of hydrogen-bond acceptors (Lipinski definition) is 4. The van der Waals surface area contributed by atoms with Crippen molar-refractivity contribution in [2.45, 2.75) is 33.6 Å². The summed E-state index contributed by atoms with van der Waals surface area (Å²) >= 11 is 0. The van der Waals surface area contributed by atoms with Crippen LogP contribution in [-0.4, -0.2) is 15.7 Å². The molecule has 3 aromatic rings. The van der Waals surface area contributed by atoms with Crippen LogP contribution >= 0.6 is 0 Å². The molecule has 0 saturated carbocycles. The predicted octanol–water partition coefficient (Wildman–Crippen LogP) is 5.57. The second-order valence-corrected chi connectivity index (χ2v) is 7.05. The molecule has 28 heavy (non-hydrogen) atoms. The molecule has 0 aliphatic rings. The van der Waals surface area contributed by atoms with Crippen molar-refractivity contribution in [1.82, 2.24) is 4.57 Å². The average Bonchev–Trinajstić information content (AvgIpc) is 2.95. The highest BCUT2D eigenvalue weighted by Gasteiger charge is 2.14. The zero-order valence-corrected chi connectivity index (χ0v) is 16.5. The molecule has 6 heteroatoms. The van der Waals surface area contributed by atoms with Gasteiger partial charge in [0.2, 0.25) is 0 Å². The number of hydrazone groups is 1. The lowest BCUT2D eigenvalue weighted by Gasteiger charge is -2.17. The van der Waals surface area contributed by atoms with Gasteiger partial charge < -0.3 is 4.57 Å². The minimum absolute atomic E-state index is 0.0573. The first-order valence-corrected chi connectivity index (χ1v) is 9.20. The Labute approximate surface area is 164 Å². The molecule has 0 amide bonds. The largest absolute Gasteiger partial charge is 0.318 e. The van der Waals surface area contributed by atoms with E-state index in [0.29, 0.717) is 11.6 Å². The molecule has 0 bridgehead atoms. The fourth-order valence-electron chi connectivity index (χ4n) is 3.30. The Morgan fingerprint density at radius 1 is 1.11 bits per heavy atom. The Hall–Kier alpha value is -3.41. The van der Waals surface area contributed by atoms with E-state index in [4.69, 9.17) is 0 Å². The van der Waals surface area contributed by atoms with Gasteiger partial charge in [-0.05, 0) is 49.6 Å². The molecule has 0 atom stereocenters. The summed E-state index contributed by atoms with van der Waals surface area (Å²) in [6, 6.07) is 16.7. The Balaban J connectivity index is 1.84. The number of aromatic nitrogens is 1. The van der Waals surface area contributed by atoms with E-state index in [1.54, 1.807) is 18.3 Å². The first-order chi connectivity index (χ1) is 13.4. The summed E-state index contributed by atoms with van der Waals surface area (Å²) in [6.45, 7) is 8.56. The molecule has 0 unspecified atom stereocenters. The normalized spacial score (nSPS) is 11.3. The number of anilines is 1. The highest BCUT2D eigenvalue weighted by atomic mass is 16.6. The number of aryl methyl sites for hydroxylation is 1. The summed E-state index contributed by atoms with van der Waals surface area (Å²) < 4.78 is 2.25. The standard InChI is InChI=1S/C22H24N4O2/c1-15(2)21-7-5-6-8-22(21)25-16(3)13-18(17(25)4)14-23-24-19-9-11-20(12-10-19)26(27)28/h5-15,24H,1-4H3/b23-14+. The van der Waals surface area contributed by atoms with E-state index in [9.17, 15) is 10.1 Å². The molecule has 2 aromatic carbocycles. The molecule has 0 saturated heterocycles. The van der Waals surface area contributed by atoms with Crippen LogP contribution in [0.15, 0.2) is 59.7 Å². The minimum atomic E-state index is -0.420. The molecular formula is C22H24N4O2. The molecular weight excluding hydrogens is 352 g/mol. The minimum Gasteiger partial charge on any atom is -0.318 e. The lowest BCUT2D eigenvalue weighted by molar-refractivity contribution is -0.384. The van der Waals surface area contributed by atoms with Gasteiger partial charge in [0.1, 0.15) is 0 Å². The Bertz CT molecular complexity index is 1020. The predicted molar refractivity (Wildman–Crippen MR) is 114 cm³/mol. The summed E-state index contributed by atoms with van der Waals surface area (Å²) in [5, 5.41) is 15.0. The molecule has 0 fully saturated rings. The molecule has 1 N–H and O–H groups in total. The van der Waals surface area contributed by atoms with Crippen LogP contribution in [-0.2, 0) is 0 Å². The molecule has 0 spiro atoms. The number of nitro benzene ring substituents is 1. The van der Waals surface area contributed by atoms with Crippen LogP contribution in [0.1, 0.15) is 42.3 Å². The topological polar surface area (TPSA) is 72.5 Å². The molecule has 1 aromatic heterocycles.